The standard InChI is InChI=1S/C14H19Cl2NO2S/c1-2-14(12-4-3-10(15)9-13(12)16)17-11-5-7-20(18,19)8-6-11/h3-4,9,11,14,17H,2,5-8H2,1H3. The van der Waals surface area contributed by atoms with Crippen molar-refractivity contribution in [3.05, 3.63) is 33.8 Å². The largest absolute Gasteiger partial charge is 0.307 e. The van der Waals surface area contributed by atoms with Crippen LogP contribution in [0.25, 0.3) is 0 Å². The first-order chi connectivity index (χ1) is 9.41. The molecular weight excluding hydrogens is 317 g/mol. The van der Waals surface area contributed by atoms with Crippen LogP contribution in [-0.2, 0) is 9.84 Å². The van der Waals surface area contributed by atoms with Crippen molar-refractivity contribution in [2.45, 2.75) is 38.3 Å². The smallest absolute Gasteiger partial charge is 0.150 e. The highest BCUT2D eigenvalue weighted by molar-refractivity contribution is 7.91. The third-order valence-corrected chi connectivity index (χ3v) is 6.02. The van der Waals surface area contributed by atoms with E-state index in [0.717, 1.165) is 12.0 Å². The summed E-state index contributed by atoms with van der Waals surface area (Å²) in [4.78, 5) is 0. The summed E-state index contributed by atoms with van der Waals surface area (Å²) < 4.78 is 22.9. The van der Waals surface area contributed by atoms with Gasteiger partial charge < -0.3 is 5.32 Å². The Morgan fingerprint density at radius 1 is 1.30 bits per heavy atom. The SMILES string of the molecule is CCC(NC1CCS(=O)(=O)CC1)c1ccc(Cl)cc1Cl. The maximum atomic E-state index is 11.4. The maximum Gasteiger partial charge on any atom is 0.150 e. The lowest BCUT2D eigenvalue weighted by atomic mass is 10.0. The fourth-order valence-electron chi connectivity index (χ4n) is 2.55. The van der Waals surface area contributed by atoms with Gasteiger partial charge in [0, 0.05) is 22.1 Å². The molecule has 1 saturated heterocycles. The van der Waals surface area contributed by atoms with Crippen LogP contribution in [0.5, 0.6) is 0 Å². The molecule has 1 aliphatic heterocycles. The number of benzene rings is 1. The molecule has 0 bridgehead atoms. The van der Waals surface area contributed by atoms with E-state index in [1.165, 1.54) is 0 Å². The Morgan fingerprint density at radius 2 is 1.95 bits per heavy atom. The molecule has 6 heteroatoms. The zero-order chi connectivity index (χ0) is 14.8. The molecule has 1 aliphatic rings. The van der Waals surface area contributed by atoms with Gasteiger partial charge in [0.2, 0.25) is 0 Å². The zero-order valence-corrected chi connectivity index (χ0v) is 13.7. The predicted molar refractivity (Wildman–Crippen MR) is 84.3 cm³/mol. The molecule has 3 nitrogen and oxygen atoms in total. The molecule has 112 valence electrons. The number of sulfone groups is 1. The van der Waals surface area contributed by atoms with Crippen molar-refractivity contribution < 1.29 is 8.42 Å². The molecule has 20 heavy (non-hydrogen) atoms. The molecule has 1 unspecified atom stereocenters. The topological polar surface area (TPSA) is 46.2 Å². The lowest BCUT2D eigenvalue weighted by Gasteiger charge is -2.28. The summed E-state index contributed by atoms with van der Waals surface area (Å²) in [5, 5.41) is 4.80. The Kier molecular flexibility index (Phi) is 5.35. The van der Waals surface area contributed by atoms with Crippen LogP contribution >= 0.6 is 23.2 Å². The van der Waals surface area contributed by atoms with Gasteiger partial charge in [0.25, 0.3) is 0 Å². The molecule has 0 aromatic heterocycles. The second-order valence-corrected chi connectivity index (χ2v) is 8.37. The Labute approximate surface area is 130 Å². The van der Waals surface area contributed by atoms with Crippen molar-refractivity contribution in [3.8, 4) is 0 Å². The first-order valence-corrected chi connectivity index (χ1v) is 9.40. The Balaban J connectivity index is 2.06. The van der Waals surface area contributed by atoms with Crippen LogP contribution in [0.1, 0.15) is 37.8 Å². The quantitative estimate of drug-likeness (QED) is 0.914. The van der Waals surface area contributed by atoms with E-state index in [9.17, 15) is 8.42 Å². The molecule has 0 amide bonds. The van der Waals surface area contributed by atoms with E-state index >= 15 is 0 Å². The molecule has 1 aromatic rings. The lowest BCUT2D eigenvalue weighted by Crippen LogP contribution is -2.39. The second-order valence-electron chi connectivity index (χ2n) is 5.22. The molecule has 1 heterocycles. The van der Waals surface area contributed by atoms with Gasteiger partial charge in [-0.2, -0.15) is 0 Å². The first kappa shape index (κ1) is 16.1. The predicted octanol–water partition coefficient (Wildman–Crippen LogP) is 3.61. The van der Waals surface area contributed by atoms with Gasteiger partial charge in [-0.25, -0.2) is 8.42 Å². The molecular formula is C14H19Cl2NO2S. The summed E-state index contributed by atoms with van der Waals surface area (Å²) in [5.74, 6) is 0.547. The summed E-state index contributed by atoms with van der Waals surface area (Å²) in [5.41, 5.74) is 1.02. The molecule has 2 rings (SSSR count). The third-order valence-electron chi connectivity index (χ3n) is 3.74. The van der Waals surface area contributed by atoms with E-state index in [2.05, 4.69) is 12.2 Å². The van der Waals surface area contributed by atoms with Crippen LogP contribution in [0, 0.1) is 0 Å². The molecule has 0 spiro atoms. The van der Waals surface area contributed by atoms with Gasteiger partial charge in [-0.05, 0) is 37.0 Å². The minimum Gasteiger partial charge on any atom is -0.307 e. The highest BCUT2D eigenvalue weighted by Crippen LogP contribution is 2.29. The van der Waals surface area contributed by atoms with Gasteiger partial charge in [0.1, 0.15) is 9.84 Å². The van der Waals surface area contributed by atoms with Gasteiger partial charge in [-0.15, -0.1) is 0 Å². The van der Waals surface area contributed by atoms with Gasteiger partial charge in [-0.1, -0.05) is 36.2 Å². The van der Waals surface area contributed by atoms with Crippen LogP contribution in [0.3, 0.4) is 0 Å². The molecule has 1 aromatic carbocycles. The first-order valence-electron chi connectivity index (χ1n) is 6.82. The Bertz CT molecular complexity index is 561. The van der Waals surface area contributed by atoms with Crippen molar-refractivity contribution in [3.63, 3.8) is 0 Å². The number of hydrogen-bond donors (Lipinski definition) is 1. The fourth-order valence-corrected chi connectivity index (χ4v) is 4.58. The molecule has 1 fully saturated rings. The van der Waals surface area contributed by atoms with Crippen LogP contribution in [0.15, 0.2) is 18.2 Å². The average molecular weight is 336 g/mol. The second kappa shape index (κ2) is 6.65. The zero-order valence-electron chi connectivity index (χ0n) is 11.4. The van der Waals surface area contributed by atoms with Gasteiger partial charge in [0.05, 0.1) is 11.5 Å². The number of hydrogen-bond acceptors (Lipinski definition) is 3. The maximum absolute atomic E-state index is 11.4. The van der Waals surface area contributed by atoms with E-state index in [1.54, 1.807) is 6.07 Å². The minimum atomic E-state index is -2.82. The molecule has 0 saturated carbocycles. The summed E-state index contributed by atoms with van der Waals surface area (Å²) in [6.45, 7) is 2.09. The average Bonchev–Trinajstić information content (AvgIpc) is 2.38. The highest BCUT2D eigenvalue weighted by atomic mass is 35.5. The summed E-state index contributed by atoms with van der Waals surface area (Å²) in [6, 6.07) is 5.87. The van der Waals surface area contributed by atoms with Gasteiger partial charge in [-0.3, -0.25) is 0 Å². The summed E-state index contributed by atoms with van der Waals surface area (Å²) in [7, 11) is -2.82. The fraction of sp³-hybridized carbons (Fsp3) is 0.571. The van der Waals surface area contributed by atoms with Gasteiger partial charge in [0.15, 0.2) is 0 Å². The van der Waals surface area contributed by atoms with E-state index < -0.39 is 9.84 Å². The van der Waals surface area contributed by atoms with Crippen LogP contribution in [0.4, 0.5) is 0 Å². The number of rotatable bonds is 4. The van der Waals surface area contributed by atoms with Crippen LogP contribution in [-0.4, -0.2) is 26.0 Å². The van der Waals surface area contributed by atoms with E-state index in [4.69, 9.17) is 23.2 Å². The van der Waals surface area contributed by atoms with E-state index in [-0.39, 0.29) is 23.6 Å². The van der Waals surface area contributed by atoms with Crippen molar-refractivity contribution in [2.24, 2.45) is 0 Å². The van der Waals surface area contributed by atoms with Crippen molar-refractivity contribution in [1.82, 2.24) is 5.32 Å². The molecule has 1 N–H and O–H groups in total. The van der Waals surface area contributed by atoms with Crippen LogP contribution < -0.4 is 5.32 Å². The van der Waals surface area contributed by atoms with E-state index in [1.807, 2.05) is 12.1 Å². The summed E-state index contributed by atoms with van der Waals surface area (Å²) >= 11 is 12.2. The van der Waals surface area contributed by atoms with Crippen LogP contribution in [0.2, 0.25) is 10.0 Å². The highest BCUT2D eigenvalue weighted by Gasteiger charge is 2.25. The van der Waals surface area contributed by atoms with Gasteiger partial charge >= 0.3 is 0 Å². The van der Waals surface area contributed by atoms with E-state index in [0.29, 0.717) is 22.9 Å². The lowest BCUT2D eigenvalue weighted by molar-refractivity contribution is 0.398. The van der Waals surface area contributed by atoms with Crippen molar-refractivity contribution in [2.75, 3.05) is 11.5 Å². The molecule has 0 aliphatic carbocycles. The number of halogens is 2. The Morgan fingerprint density at radius 3 is 2.50 bits per heavy atom. The summed E-state index contributed by atoms with van der Waals surface area (Å²) in [6.07, 6.45) is 2.23. The monoisotopic (exact) mass is 335 g/mol. The third kappa shape index (κ3) is 4.10. The Hall–Kier alpha value is -0.290. The molecule has 1 atom stereocenters. The van der Waals surface area contributed by atoms with Crippen molar-refractivity contribution in [1.29, 1.82) is 0 Å². The van der Waals surface area contributed by atoms with Crippen molar-refractivity contribution >= 4 is 33.0 Å². The molecule has 0 radical (unpaired) electrons. The number of nitrogens with one attached hydrogen (secondary N) is 1. The normalized spacial score (nSPS) is 20.8. The minimum absolute atomic E-state index is 0.130.